The first-order valence-electron chi connectivity index (χ1n) is 8.10. The zero-order chi connectivity index (χ0) is 15.8. The molecule has 2 atom stereocenters. The molecule has 7 heteroatoms. The predicted molar refractivity (Wildman–Crippen MR) is 92.9 cm³/mol. The second kappa shape index (κ2) is 6.83. The van der Waals surface area contributed by atoms with Crippen molar-refractivity contribution in [2.45, 2.75) is 43.8 Å². The molecule has 24 heavy (non-hydrogen) atoms. The normalized spacial score (nSPS) is 25.1. The van der Waals surface area contributed by atoms with Crippen LogP contribution in [0.1, 0.15) is 36.2 Å². The zero-order valence-electron chi connectivity index (χ0n) is 13.2. The van der Waals surface area contributed by atoms with Gasteiger partial charge in [0.15, 0.2) is 11.4 Å². The van der Waals surface area contributed by atoms with Gasteiger partial charge in [0.2, 0.25) is 0 Å². The Balaban J connectivity index is 0.00000169. The predicted octanol–water partition coefficient (Wildman–Crippen LogP) is 2.01. The highest BCUT2D eigenvalue weighted by molar-refractivity contribution is 5.95. The van der Waals surface area contributed by atoms with Crippen molar-refractivity contribution in [3.8, 4) is 11.4 Å². The minimum Gasteiger partial charge on any atom is -0.504 e. The molecular formula is C17H21ClN4O2. The lowest BCUT2D eigenvalue weighted by atomic mass is 10.00. The number of nitrogens with one attached hydrogen (secondary N) is 2. The molecule has 3 N–H and O–H groups in total. The second-order valence-corrected chi connectivity index (χ2v) is 6.42. The topological polar surface area (TPSA) is 79.2 Å². The molecule has 1 aromatic heterocycles. The van der Waals surface area contributed by atoms with Gasteiger partial charge in [0.25, 0.3) is 5.91 Å². The fraction of sp³-hybridized carbons (Fsp3) is 0.412. The summed E-state index contributed by atoms with van der Waals surface area (Å²) in [5.41, 5.74) is 0.890. The average Bonchev–Trinajstić information content (AvgIpc) is 3.11. The van der Waals surface area contributed by atoms with Gasteiger partial charge in [-0.1, -0.05) is 18.2 Å². The van der Waals surface area contributed by atoms with E-state index in [1.54, 1.807) is 0 Å². The standard InChI is InChI=1S/C17H20N4O2.ClH/c22-15-10-21(14-4-2-1-3-5-14)20-16(15)17(23)19-13-8-11-6-7-12(9-13)18-11;/h1-5,10-13,18,22H,6-9H2,(H,19,23);1H. The number of benzene rings is 1. The van der Waals surface area contributed by atoms with Crippen LogP contribution >= 0.6 is 12.4 Å². The van der Waals surface area contributed by atoms with E-state index in [1.165, 1.54) is 23.7 Å². The van der Waals surface area contributed by atoms with Gasteiger partial charge in [-0.2, -0.15) is 5.10 Å². The maximum atomic E-state index is 12.4. The lowest BCUT2D eigenvalue weighted by molar-refractivity contribution is 0.0916. The van der Waals surface area contributed by atoms with Crippen LogP contribution in [-0.2, 0) is 0 Å². The van der Waals surface area contributed by atoms with Crippen LogP contribution in [-0.4, -0.2) is 38.9 Å². The van der Waals surface area contributed by atoms with Crippen molar-refractivity contribution in [2.24, 2.45) is 0 Å². The number of fused-ring (bicyclic) bond motifs is 2. The van der Waals surface area contributed by atoms with Crippen molar-refractivity contribution < 1.29 is 9.90 Å². The lowest BCUT2D eigenvalue weighted by Gasteiger charge is -2.29. The molecule has 0 spiro atoms. The summed E-state index contributed by atoms with van der Waals surface area (Å²) in [4.78, 5) is 12.4. The first-order chi connectivity index (χ1) is 11.2. The molecule has 1 amide bonds. The summed E-state index contributed by atoms with van der Waals surface area (Å²) in [5.74, 6) is -0.397. The number of carbonyl (C=O) groups excluding carboxylic acids is 1. The van der Waals surface area contributed by atoms with Gasteiger partial charge in [0.1, 0.15) is 0 Å². The van der Waals surface area contributed by atoms with E-state index < -0.39 is 0 Å². The number of amides is 1. The minimum atomic E-state index is -0.302. The highest BCUT2D eigenvalue weighted by atomic mass is 35.5. The van der Waals surface area contributed by atoms with E-state index in [2.05, 4.69) is 15.7 Å². The monoisotopic (exact) mass is 348 g/mol. The fourth-order valence-corrected chi connectivity index (χ4v) is 3.67. The number of aromatic nitrogens is 2. The largest absolute Gasteiger partial charge is 0.504 e. The lowest BCUT2D eigenvalue weighted by Crippen LogP contribution is -2.48. The van der Waals surface area contributed by atoms with Crippen molar-refractivity contribution in [2.75, 3.05) is 0 Å². The molecule has 2 aromatic rings. The van der Waals surface area contributed by atoms with Crippen molar-refractivity contribution >= 4 is 18.3 Å². The van der Waals surface area contributed by atoms with Gasteiger partial charge in [-0.05, 0) is 37.8 Å². The first-order valence-corrected chi connectivity index (χ1v) is 8.10. The maximum Gasteiger partial charge on any atom is 0.275 e. The minimum absolute atomic E-state index is 0. The van der Waals surface area contributed by atoms with E-state index in [-0.39, 0.29) is 35.8 Å². The van der Waals surface area contributed by atoms with Gasteiger partial charge in [-0.25, -0.2) is 4.68 Å². The van der Waals surface area contributed by atoms with Crippen LogP contribution < -0.4 is 10.6 Å². The summed E-state index contributed by atoms with van der Waals surface area (Å²) in [7, 11) is 0. The molecule has 1 aromatic carbocycles. The SMILES string of the molecule is Cl.O=C(NC1CC2CCC(C1)N2)c1nn(-c2ccccc2)cc1O. The third kappa shape index (κ3) is 3.25. The van der Waals surface area contributed by atoms with E-state index in [0.29, 0.717) is 12.1 Å². The Labute approximate surface area is 146 Å². The Morgan fingerprint density at radius 3 is 2.54 bits per heavy atom. The van der Waals surface area contributed by atoms with E-state index >= 15 is 0 Å². The molecule has 2 bridgehead atoms. The second-order valence-electron chi connectivity index (χ2n) is 6.42. The molecule has 3 heterocycles. The van der Waals surface area contributed by atoms with E-state index in [1.807, 2.05) is 30.3 Å². The number of halogens is 1. The molecule has 0 saturated carbocycles. The van der Waals surface area contributed by atoms with Crippen molar-refractivity contribution in [3.05, 3.63) is 42.2 Å². The van der Waals surface area contributed by atoms with Crippen molar-refractivity contribution in [3.63, 3.8) is 0 Å². The number of hydrogen-bond donors (Lipinski definition) is 3. The van der Waals surface area contributed by atoms with E-state index in [0.717, 1.165) is 18.5 Å². The van der Waals surface area contributed by atoms with E-state index in [4.69, 9.17) is 0 Å². The number of carbonyl (C=O) groups is 1. The summed E-state index contributed by atoms with van der Waals surface area (Å²) in [6.07, 6.45) is 5.73. The number of para-hydroxylation sites is 1. The maximum absolute atomic E-state index is 12.4. The Hall–Kier alpha value is -2.05. The van der Waals surface area contributed by atoms with Crippen molar-refractivity contribution in [1.29, 1.82) is 0 Å². The molecule has 128 valence electrons. The third-order valence-corrected chi connectivity index (χ3v) is 4.74. The quantitative estimate of drug-likeness (QED) is 0.792. The van der Waals surface area contributed by atoms with Gasteiger partial charge >= 0.3 is 0 Å². The van der Waals surface area contributed by atoms with Gasteiger partial charge in [-0.15, -0.1) is 12.4 Å². The molecule has 6 nitrogen and oxygen atoms in total. The number of rotatable bonds is 3. The fourth-order valence-electron chi connectivity index (χ4n) is 3.67. The molecule has 2 aliphatic rings. The van der Waals surface area contributed by atoms with Crippen LogP contribution in [0.4, 0.5) is 0 Å². The summed E-state index contributed by atoms with van der Waals surface area (Å²) in [6, 6.07) is 10.6. The Morgan fingerprint density at radius 2 is 1.88 bits per heavy atom. The Morgan fingerprint density at radius 1 is 1.21 bits per heavy atom. The van der Waals surface area contributed by atoms with Crippen LogP contribution in [0.5, 0.6) is 5.75 Å². The third-order valence-electron chi connectivity index (χ3n) is 4.74. The van der Waals surface area contributed by atoms with Crippen LogP contribution in [0.25, 0.3) is 5.69 Å². The highest BCUT2D eigenvalue weighted by Gasteiger charge is 2.34. The molecule has 0 aliphatic carbocycles. The smallest absolute Gasteiger partial charge is 0.275 e. The molecule has 0 radical (unpaired) electrons. The van der Waals surface area contributed by atoms with Gasteiger partial charge in [0.05, 0.1) is 11.9 Å². The highest BCUT2D eigenvalue weighted by Crippen LogP contribution is 2.27. The van der Waals surface area contributed by atoms with Gasteiger partial charge < -0.3 is 15.7 Å². The molecular weight excluding hydrogens is 328 g/mol. The number of piperidine rings is 1. The summed E-state index contributed by atoms with van der Waals surface area (Å²) < 4.78 is 1.52. The van der Waals surface area contributed by atoms with Crippen LogP contribution in [0, 0.1) is 0 Å². The van der Waals surface area contributed by atoms with E-state index in [9.17, 15) is 9.90 Å². The van der Waals surface area contributed by atoms with Crippen LogP contribution in [0.15, 0.2) is 36.5 Å². The molecule has 2 unspecified atom stereocenters. The zero-order valence-corrected chi connectivity index (χ0v) is 14.0. The van der Waals surface area contributed by atoms with Crippen LogP contribution in [0.3, 0.4) is 0 Å². The van der Waals surface area contributed by atoms with Gasteiger partial charge in [-0.3, -0.25) is 4.79 Å². The Bertz CT molecular complexity index is 707. The average molecular weight is 349 g/mol. The molecule has 4 rings (SSSR count). The number of nitrogens with zero attached hydrogens (tertiary/aromatic N) is 2. The summed E-state index contributed by atoms with van der Waals surface area (Å²) in [6.45, 7) is 0. The van der Waals surface area contributed by atoms with Crippen molar-refractivity contribution in [1.82, 2.24) is 20.4 Å². The summed E-state index contributed by atoms with van der Waals surface area (Å²) in [5, 5.41) is 20.9. The first kappa shape index (κ1) is 16.8. The molecule has 2 aliphatic heterocycles. The number of hydrogen-bond acceptors (Lipinski definition) is 4. The Kier molecular flexibility index (Phi) is 4.78. The molecule has 2 saturated heterocycles. The van der Waals surface area contributed by atoms with Crippen LogP contribution in [0.2, 0.25) is 0 Å². The molecule has 2 fully saturated rings. The van der Waals surface area contributed by atoms with Gasteiger partial charge in [0, 0.05) is 18.1 Å². The number of aromatic hydroxyl groups is 1. The summed E-state index contributed by atoms with van der Waals surface area (Å²) >= 11 is 0.